The van der Waals surface area contributed by atoms with Crippen molar-refractivity contribution in [2.24, 2.45) is 0 Å². The molecule has 10 heteroatoms. The molecule has 2 aromatic rings. The van der Waals surface area contributed by atoms with Crippen molar-refractivity contribution >= 4 is 39.1 Å². The molecule has 1 atom stereocenters. The number of carbonyl (C=O) groups is 1. The van der Waals surface area contributed by atoms with Crippen LogP contribution in [0.5, 0.6) is 5.75 Å². The van der Waals surface area contributed by atoms with E-state index in [1.165, 1.54) is 22.5 Å². The maximum Gasteiger partial charge on any atom is 0.258 e. The van der Waals surface area contributed by atoms with Crippen molar-refractivity contribution in [3.8, 4) is 5.75 Å². The van der Waals surface area contributed by atoms with Crippen LogP contribution in [0.15, 0.2) is 47.4 Å². The summed E-state index contributed by atoms with van der Waals surface area (Å²) in [5.74, 6) is -0.106. The number of nitrogens with zero attached hydrogens (tertiary/aromatic N) is 1. The molecule has 7 nitrogen and oxygen atoms in total. The molecule has 0 spiro atoms. The Kier molecular flexibility index (Phi) is 7.60. The van der Waals surface area contributed by atoms with Gasteiger partial charge in [0.15, 0.2) is 6.61 Å². The highest BCUT2D eigenvalue weighted by molar-refractivity contribution is 7.89. The molecule has 1 aliphatic heterocycles. The maximum atomic E-state index is 12.7. The van der Waals surface area contributed by atoms with E-state index in [4.69, 9.17) is 32.7 Å². The molecule has 0 bridgehead atoms. The molecule has 1 N–H and O–H groups in total. The number of halogens is 2. The molecule has 0 unspecified atom stereocenters. The van der Waals surface area contributed by atoms with Crippen LogP contribution >= 0.6 is 23.2 Å². The van der Waals surface area contributed by atoms with Gasteiger partial charge >= 0.3 is 0 Å². The standard InChI is InChI=1S/C20H22Cl2N2O5S/c1-14(15-2-4-16(21)5-3-15)23-20(25)13-29-19-7-6-17(12-18(19)22)30(26,27)24-8-10-28-11-9-24/h2-7,12,14H,8-11,13H2,1H3,(H,23,25)/t14-/m1/s1. The van der Waals surface area contributed by atoms with Crippen LogP contribution in [-0.4, -0.2) is 51.5 Å². The van der Waals surface area contributed by atoms with Gasteiger partial charge in [-0.3, -0.25) is 4.79 Å². The zero-order valence-corrected chi connectivity index (χ0v) is 18.6. The molecule has 1 heterocycles. The van der Waals surface area contributed by atoms with Gasteiger partial charge in [0.25, 0.3) is 5.91 Å². The molecule has 0 aromatic heterocycles. The minimum atomic E-state index is -3.66. The van der Waals surface area contributed by atoms with E-state index < -0.39 is 10.0 Å². The normalized spacial score (nSPS) is 16.1. The number of amides is 1. The first kappa shape index (κ1) is 22.8. The molecule has 162 valence electrons. The van der Waals surface area contributed by atoms with Gasteiger partial charge in [-0.1, -0.05) is 35.3 Å². The Bertz CT molecular complexity index is 993. The Balaban J connectivity index is 1.59. The number of morpholine rings is 1. The number of sulfonamides is 1. The Hall–Kier alpha value is -1.84. The topological polar surface area (TPSA) is 84.9 Å². The van der Waals surface area contributed by atoms with Crippen LogP contribution in [0, 0.1) is 0 Å². The SMILES string of the molecule is C[C@@H](NC(=O)COc1ccc(S(=O)(=O)N2CCOCC2)cc1Cl)c1ccc(Cl)cc1. The fourth-order valence-corrected chi connectivity index (χ4v) is 4.82. The highest BCUT2D eigenvalue weighted by atomic mass is 35.5. The van der Waals surface area contributed by atoms with Gasteiger partial charge < -0.3 is 14.8 Å². The third kappa shape index (κ3) is 5.65. The van der Waals surface area contributed by atoms with Crippen molar-refractivity contribution in [2.75, 3.05) is 32.9 Å². The molecule has 2 aromatic carbocycles. The van der Waals surface area contributed by atoms with E-state index in [0.717, 1.165) is 5.56 Å². The molecule has 0 aliphatic carbocycles. The first-order chi connectivity index (χ1) is 14.3. The number of nitrogens with one attached hydrogen (secondary N) is 1. The lowest BCUT2D eigenvalue weighted by Gasteiger charge is -2.26. The van der Waals surface area contributed by atoms with Crippen LogP contribution in [0.3, 0.4) is 0 Å². The number of hydrogen-bond acceptors (Lipinski definition) is 5. The van der Waals surface area contributed by atoms with Crippen molar-refractivity contribution in [2.45, 2.75) is 17.9 Å². The molecule has 0 radical (unpaired) electrons. The van der Waals surface area contributed by atoms with Gasteiger partial charge in [0.2, 0.25) is 10.0 Å². The number of benzene rings is 2. The maximum absolute atomic E-state index is 12.7. The lowest BCUT2D eigenvalue weighted by atomic mass is 10.1. The van der Waals surface area contributed by atoms with Crippen LogP contribution in [0.4, 0.5) is 0 Å². The van der Waals surface area contributed by atoms with Gasteiger partial charge in [-0.25, -0.2) is 8.42 Å². The van der Waals surface area contributed by atoms with Crippen LogP contribution in [-0.2, 0) is 19.6 Å². The van der Waals surface area contributed by atoms with Crippen LogP contribution in [0.2, 0.25) is 10.0 Å². The summed E-state index contributed by atoms with van der Waals surface area (Å²) in [5.41, 5.74) is 0.906. The van der Waals surface area contributed by atoms with E-state index >= 15 is 0 Å². The van der Waals surface area contributed by atoms with E-state index in [9.17, 15) is 13.2 Å². The summed E-state index contributed by atoms with van der Waals surface area (Å²) in [7, 11) is -3.66. The molecule has 0 saturated carbocycles. The molecule has 1 aliphatic rings. The molecular formula is C20H22Cl2N2O5S. The quantitative estimate of drug-likeness (QED) is 0.668. The summed E-state index contributed by atoms with van der Waals surface area (Å²) in [6.45, 7) is 2.90. The van der Waals surface area contributed by atoms with Crippen molar-refractivity contribution in [1.29, 1.82) is 0 Å². The van der Waals surface area contributed by atoms with Gasteiger partial charge in [-0.15, -0.1) is 0 Å². The Labute approximate surface area is 185 Å². The predicted molar refractivity (Wildman–Crippen MR) is 115 cm³/mol. The Morgan fingerprint density at radius 2 is 1.83 bits per heavy atom. The summed E-state index contributed by atoms with van der Waals surface area (Å²) in [4.78, 5) is 12.3. The average molecular weight is 473 g/mol. The van der Waals surface area contributed by atoms with Gasteiger partial charge in [0, 0.05) is 18.1 Å². The van der Waals surface area contributed by atoms with Gasteiger partial charge in [-0.05, 0) is 42.8 Å². The second-order valence-electron chi connectivity index (χ2n) is 6.74. The molecule has 1 saturated heterocycles. The summed E-state index contributed by atoms with van der Waals surface area (Å²) >= 11 is 12.1. The summed E-state index contributed by atoms with van der Waals surface area (Å²) in [5, 5.41) is 3.55. The molecule has 30 heavy (non-hydrogen) atoms. The second kappa shape index (κ2) is 9.98. The van der Waals surface area contributed by atoms with Gasteiger partial charge in [0.1, 0.15) is 5.75 Å². The highest BCUT2D eigenvalue weighted by Gasteiger charge is 2.27. The fourth-order valence-electron chi connectivity index (χ4n) is 2.96. The molecule has 1 amide bonds. The van der Waals surface area contributed by atoms with Gasteiger partial charge in [-0.2, -0.15) is 4.31 Å². The van der Waals surface area contributed by atoms with E-state index in [-0.39, 0.29) is 34.2 Å². The number of ether oxygens (including phenoxy) is 2. The Morgan fingerprint density at radius 1 is 1.17 bits per heavy atom. The first-order valence-corrected chi connectivity index (χ1v) is 11.5. The third-order valence-corrected chi connectivity index (χ3v) is 7.06. The van der Waals surface area contributed by atoms with Crippen molar-refractivity contribution in [3.63, 3.8) is 0 Å². The smallest absolute Gasteiger partial charge is 0.258 e. The van der Waals surface area contributed by atoms with E-state index in [1.807, 2.05) is 19.1 Å². The van der Waals surface area contributed by atoms with E-state index in [0.29, 0.717) is 31.3 Å². The van der Waals surface area contributed by atoms with Crippen molar-refractivity contribution < 1.29 is 22.7 Å². The highest BCUT2D eigenvalue weighted by Crippen LogP contribution is 2.29. The molecular weight excluding hydrogens is 451 g/mol. The summed E-state index contributed by atoms with van der Waals surface area (Å²) in [6.07, 6.45) is 0. The number of hydrogen-bond donors (Lipinski definition) is 1. The lowest BCUT2D eigenvalue weighted by Crippen LogP contribution is -2.40. The van der Waals surface area contributed by atoms with Crippen molar-refractivity contribution in [1.82, 2.24) is 9.62 Å². The minimum absolute atomic E-state index is 0.0718. The first-order valence-electron chi connectivity index (χ1n) is 9.32. The van der Waals surface area contributed by atoms with E-state index in [2.05, 4.69) is 5.32 Å². The van der Waals surface area contributed by atoms with E-state index in [1.54, 1.807) is 12.1 Å². The van der Waals surface area contributed by atoms with Crippen LogP contribution < -0.4 is 10.1 Å². The lowest BCUT2D eigenvalue weighted by molar-refractivity contribution is -0.123. The fraction of sp³-hybridized carbons (Fsp3) is 0.350. The monoisotopic (exact) mass is 472 g/mol. The largest absolute Gasteiger partial charge is 0.482 e. The Morgan fingerprint density at radius 3 is 2.47 bits per heavy atom. The second-order valence-corrected chi connectivity index (χ2v) is 9.52. The summed E-state index contributed by atoms with van der Waals surface area (Å²) < 4.78 is 37.4. The predicted octanol–water partition coefficient (Wildman–Crippen LogP) is 3.27. The third-order valence-electron chi connectivity index (χ3n) is 4.62. The van der Waals surface area contributed by atoms with Crippen molar-refractivity contribution in [3.05, 3.63) is 58.1 Å². The molecule has 1 fully saturated rings. The van der Waals surface area contributed by atoms with Gasteiger partial charge in [0.05, 0.1) is 29.2 Å². The number of rotatable bonds is 7. The molecule has 3 rings (SSSR count). The van der Waals surface area contributed by atoms with Crippen LogP contribution in [0.1, 0.15) is 18.5 Å². The number of carbonyl (C=O) groups excluding carboxylic acids is 1. The average Bonchev–Trinajstić information content (AvgIpc) is 2.73. The summed E-state index contributed by atoms with van der Waals surface area (Å²) in [6, 6.07) is 11.1. The zero-order chi connectivity index (χ0) is 21.7. The minimum Gasteiger partial charge on any atom is -0.482 e. The van der Waals surface area contributed by atoms with Crippen LogP contribution in [0.25, 0.3) is 0 Å². The zero-order valence-electron chi connectivity index (χ0n) is 16.3.